The van der Waals surface area contributed by atoms with Gasteiger partial charge in [0.05, 0.1) is 18.6 Å². The zero-order valence-corrected chi connectivity index (χ0v) is 12.6. The molecule has 8 heteroatoms. The molecule has 1 aliphatic heterocycles. The van der Waals surface area contributed by atoms with Gasteiger partial charge in [-0.05, 0) is 6.42 Å². The third-order valence-corrected chi connectivity index (χ3v) is 4.78. The van der Waals surface area contributed by atoms with Crippen molar-refractivity contribution in [2.45, 2.75) is 13.3 Å². The first-order valence-electron chi connectivity index (χ1n) is 6.65. The van der Waals surface area contributed by atoms with E-state index in [0.717, 1.165) is 13.0 Å². The molecule has 0 aliphatic carbocycles. The molecule has 7 nitrogen and oxygen atoms in total. The summed E-state index contributed by atoms with van der Waals surface area (Å²) in [4.78, 5) is 10.4. The fourth-order valence-corrected chi connectivity index (χ4v) is 3.27. The first-order valence-corrected chi connectivity index (χ1v) is 8.47. The standard InChI is InChI=1S/C12H20N4O3S/c1-3-4-13-11-10(19-2)12(15-9-14-11)16-5-7-20(17,18)8-6-16/h9H,3-8H2,1-2H3,(H,13,14,15). The van der Waals surface area contributed by atoms with Gasteiger partial charge in [0.15, 0.2) is 21.5 Å². The fourth-order valence-electron chi connectivity index (χ4n) is 2.07. The minimum atomic E-state index is -2.91. The number of ether oxygens (including phenoxy) is 1. The van der Waals surface area contributed by atoms with Crippen molar-refractivity contribution in [2.75, 3.05) is 48.5 Å². The smallest absolute Gasteiger partial charge is 0.204 e. The van der Waals surface area contributed by atoms with Crippen LogP contribution in [0.1, 0.15) is 13.3 Å². The summed E-state index contributed by atoms with van der Waals surface area (Å²) in [7, 11) is -1.34. The number of anilines is 2. The summed E-state index contributed by atoms with van der Waals surface area (Å²) in [6.45, 7) is 3.73. The SMILES string of the molecule is CCCNc1ncnc(N2CCS(=O)(=O)CC2)c1OC. The Hall–Kier alpha value is -1.57. The summed E-state index contributed by atoms with van der Waals surface area (Å²) in [5, 5.41) is 3.19. The van der Waals surface area contributed by atoms with Crippen LogP contribution in [-0.4, -0.2) is 56.6 Å². The predicted octanol–water partition coefficient (Wildman–Crippen LogP) is 0.542. The van der Waals surface area contributed by atoms with Crippen LogP contribution in [0.2, 0.25) is 0 Å². The van der Waals surface area contributed by atoms with Gasteiger partial charge in [0, 0.05) is 19.6 Å². The normalized spacial score (nSPS) is 17.8. The maximum atomic E-state index is 11.5. The molecule has 1 saturated heterocycles. The summed E-state index contributed by atoms with van der Waals surface area (Å²) >= 11 is 0. The van der Waals surface area contributed by atoms with Gasteiger partial charge in [-0.15, -0.1) is 0 Å². The minimum Gasteiger partial charge on any atom is -0.490 e. The highest BCUT2D eigenvalue weighted by Gasteiger charge is 2.25. The van der Waals surface area contributed by atoms with E-state index in [1.807, 2.05) is 4.90 Å². The number of rotatable bonds is 5. The molecule has 0 aromatic carbocycles. The van der Waals surface area contributed by atoms with Crippen LogP contribution in [0.4, 0.5) is 11.6 Å². The largest absolute Gasteiger partial charge is 0.490 e. The lowest BCUT2D eigenvalue weighted by atomic mass is 10.3. The molecule has 20 heavy (non-hydrogen) atoms. The van der Waals surface area contributed by atoms with Crippen LogP contribution in [0.3, 0.4) is 0 Å². The molecule has 0 unspecified atom stereocenters. The van der Waals surface area contributed by atoms with Crippen LogP contribution in [0.15, 0.2) is 6.33 Å². The number of nitrogens with zero attached hydrogens (tertiary/aromatic N) is 3. The van der Waals surface area contributed by atoms with Crippen LogP contribution in [0, 0.1) is 0 Å². The number of sulfone groups is 1. The number of hydrogen-bond donors (Lipinski definition) is 1. The van der Waals surface area contributed by atoms with Crippen molar-refractivity contribution in [3.8, 4) is 5.75 Å². The highest BCUT2D eigenvalue weighted by atomic mass is 32.2. The lowest BCUT2D eigenvalue weighted by molar-refractivity contribution is 0.412. The average Bonchev–Trinajstić information content (AvgIpc) is 2.44. The van der Waals surface area contributed by atoms with Crippen molar-refractivity contribution in [3.63, 3.8) is 0 Å². The molecule has 112 valence electrons. The molecule has 1 N–H and O–H groups in total. The van der Waals surface area contributed by atoms with Gasteiger partial charge < -0.3 is 15.0 Å². The Morgan fingerprint density at radius 1 is 1.35 bits per heavy atom. The zero-order valence-electron chi connectivity index (χ0n) is 11.8. The van der Waals surface area contributed by atoms with Gasteiger partial charge in [-0.25, -0.2) is 18.4 Å². The quantitative estimate of drug-likeness (QED) is 0.849. The summed E-state index contributed by atoms with van der Waals surface area (Å²) < 4.78 is 28.4. The Morgan fingerprint density at radius 3 is 2.65 bits per heavy atom. The molecule has 2 heterocycles. The zero-order chi connectivity index (χ0) is 14.6. The Morgan fingerprint density at radius 2 is 2.05 bits per heavy atom. The molecular formula is C12H20N4O3S. The molecule has 1 aliphatic rings. The van der Waals surface area contributed by atoms with E-state index in [9.17, 15) is 8.42 Å². The Kier molecular flexibility index (Phi) is 4.64. The summed E-state index contributed by atoms with van der Waals surface area (Å²) in [5.74, 6) is 2.17. The molecule has 0 saturated carbocycles. The van der Waals surface area contributed by atoms with Gasteiger partial charge in [-0.1, -0.05) is 6.92 Å². The maximum Gasteiger partial charge on any atom is 0.204 e. The Balaban J connectivity index is 2.23. The molecule has 0 spiro atoms. The van der Waals surface area contributed by atoms with E-state index in [1.54, 1.807) is 7.11 Å². The van der Waals surface area contributed by atoms with Crippen molar-refractivity contribution < 1.29 is 13.2 Å². The molecule has 2 rings (SSSR count). The second-order valence-corrected chi connectivity index (χ2v) is 6.95. The van der Waals surface area contributed by atoms with Gasteiger partial charge in [-0.2, -0.15) is 0 Å². The molecule has 1 fully saturated rings. The van der Waals surface area contributed by atoms with Crippen LogP contribution >= 0.6 is 0 Å². The average molecular weight is 300 g/mol. The number of aromatic nitrogens is 2. The van der Waals surface area contributed by atoms with E-state index in [1.165, 1.54) is 6.33 Å². The third-order valence-electron chi connectivity index (χ3n) is 3.18. The van der Waals surface area contributed by atoms with E-state index in [2.05, 4.69) is 22.2 Å². The van der Waals surface area contributed by atoms with E-state index in [-0.39, 0.29) is 11.5 Å². The molecule has 1 aromatic heterocycles. The molecule has 0 radical (unpaired) electrons. The van der Waals surface area contributed by atoms with Gasteiger partial charge in [0.2, 0.25) is 5.75 Å². The third kappa shape index (κ3) is 3.30. The van der Waals surface area contributed by atoms with E-state index >= 15 is 0 Å². The van der Waals surface area contributed by atoms with Gasteiger partial charge in [0.25, 0.3) is 0 Å². The monoisotopic (exact) mass is 300 g/mol. The Bertz CT molecular complexity index is 548. The first kappa shape index (κ1) is 14.8. The fraction of sp³-hybridized carbons (Fsp3) is 0.667. The summed E-state index contributed by atoms with van der Waals surface area (Å²) in [5.41, 5.74) is 0. The van der Waals surface area contributed by atoms with Gasteiger partial charge in [-0.3, -0.25) is 0 Å². The van der Waals surface area contributed by atoms with Crippen molar-refractivity contribution in [1.82, 2.24) is 9.97 Å². The Labute approximate surface area is 119 Å². The van der Waals surface area contributed by atoms with E-state index in [0.29, 0.717) is 30.5 Å². The highest BCUT2D eigenvalue weighted by Crippen LogP contribution is 2.32. The topological polar surface area (TPSA) is 84.4 Å². The van der Waals surface area contributed by atoms with E-state index in [4.69, 9.17) is 4.74 Å². The van der Waals surface area contributed by atoms with Crippen LogP contribution < -0.4 is 15.0 Å². The molecule has 0 amide bonds. The molecule has 1 aromatic rings. The second-order valence-electron chi connectivity index (χ2n) is 4.64. The molecule has 0 atom stereocenters. The van der Waals surface area contributed by atoms with Crippen molar-refractivity contribution in [3.05, 3.63) is 6.33 Å². The van der Waals surface area contributed by atoms with Crippen LogP contribution in [-0.2, 0) is 9.84 Å². The molecular weight excluding hydrogens is 280 g/mol. The van der Waals surface area contributed by atoms with Crippen molar-refractivity contribution in [2.24, 2.45) is 0 Å². The first-order chi connectivity index (χ1) is 9.57. The highest BCUT2D eigenvalue weighted by molar-refractivity contribution is 7.91. The van der Waals surface area contributed by atoms with Crippen LogP contribution in [0.5, 0.6) is 5.75 Å². The van der Waals surface area contributed by atoms with E-state index < -0.39 is 9.84 Å². The van der Waals surface area contributed by atoms with Crippen LogP contribution in [0.25, 0.3) is 0 Å². The summed E-state index contributed by atoms with van der Waals surface area (Å²) in [6.07, 6.45) is 2.45. The lowest BCUT2D eigenvalue weighted by Gasteiger charge is -2.29. The number of nitrogens with one attached hydrogen (secondary N) is 1. The molecule has 0 bridgehead atoms. The van der Waals surface area contributed by atoms with Gasteiger partial charge >= 0.3 is 0 Å². The number of methoxy groups -OCH3 is 1. The second kappa shape index (κ2) is 6.25. The predicted molar refractivity (Wildman–Crippen MR) is 78.2 cm³/mol. The maximum absolute atomic E-state index is 11.5. The van der Waals surface area contributed by atoms with Crippen molar-refractivity contribution >= 4 is 21.5 Å². The number of hydrogen-bond acceptors (Lipinski definition) is 7. The lowest BCUT2D eigenvalue weighted by Crippen LogP contribution is -2.41. The summed E-state index contributed by atoms with van der Waals surface area (Å²) in [6, 6.07) is 0. The van der Waals surface area contributed by atoms with Crippen molar-refractivity contribution in [1.29, 1.82) is 0 Å². The minimum absolute atomic E-state index is 0.151. The van der Waals surface area contributed by atoms with Gasteiger partial charge in [0.1, 0.15) is 6.33 Å².